The largest absolute Gasteiger partial charge is 0.376 e. The Labute approximate surface area is 121 Å². The molecule has 2 aliphatic heterocycles. The Kier molecular flexibility index (Phi) is 3.06. The standard InChI is InChI=1S/C13H14N4O2S/c14-12(20)15-8-3-1-4-9(7-8)17-11(18)10-5-2-6-16(10)13(17)19/h1,3-4,7,10H,2,5-6H2,(H3,14,15,20). The number of amides is 3. The Morgan fingerprint density at radius 2 is 2.20 bits per heavy atom. The lowest BCUT2D eigenvalue weighted by atomic mass is 10.2. The lowest BCUT2D eigenvalue weighted by Crippen LogP contribution is -2.33. The van der Waals surface area contributed by atoms with Crippen molar-refractivity contribution in [3.05, 3.63) is 24.3 Å². The minimum absolute atomic E-state index is 0.141. The summed E-state index contributed by atoms with van der Waals surface area (Å²) >= 11 is 4.78. The number of hydrogen-bond donors (Lipinski definition) is 2. The van der Waals surface area contributed by atoms with Gasteiger partial charge in [0.25, 0.3) is 5.91 Å². The second-order valence-corrected chi connectivity index (χ2v) is 5.29. The van der Waals surface area contributed by atoms with Crippen LogP contribution in [-0.2, 0) is 4.79 Å². The Balaban J connectivity index is 1.91. The lowest BCUT2D eigenvalue weighted by molar-refractivity contribution is -0.119. The third-order valence-electron chi connectivity index (χ3n) is 3.57. The van der Waals surface area contributed by atoms with Crippen molar-refractivity contribution < 1.29 is 9.59 Å². The first-order chi connectivity index (χ1) is 9.58. The molecule has 0 radical (unpaired) electrons. The van der Waals surface area contributed by atoms with Crippen molar-refractivity contribution >= 4 is 40.6 Å². The van der Waals surface area contributed by atoms with Crippen LogP contribution in [0, 0.1) is 0 Å². The van der Waals surface area contributed by atoms with E-state index in [0.717, 1.165) is 12.8 Å². The van der Waals surface area contributed by atoms with Gasteiger partial charge >= 0.3 is 6.03 Å². The number of nitrogens with two attached hydrogens (primary N) is 1. The van der Waals surface area contributed by atoms with Crippen LogP contribution >= 0.6 is 12.2 Å². The van der Waals surface area contributed by atoms with Crippen LogP contribution in [0.4, 0.5) is 16.2 Å². The van der Waals surface area contributed by atoms with E-state index in [1.807, 2.05) is 0 Å². The van der Waals surface area contributed by atoms with E-state index >= 15 is 0 Å². The second kappa shape index (κ2) is 4.75. The third-order valence-corrected chi connectivity index (χ3v) is 3.67. The highest BCUT2D eigenvalue weighted by molar-refractivity contribution is 7.80. The molecular formula is C13H14N4O2S. The van der Waals surface area contributed by atoms with Crippen LogP contribution in [0.25, 0.3) is 0 Å². The number of carbonyl (C=O) groups excluding carboxylic acids is 2. The summed E-state index contributed by atoms with van der Waals surface area (Å²) in [5.74, 6) is -0.153. The van der Waals surface area contributed by atoms with Crippen molar-refractivity contribution in [2.24, 2.45) is 5.73 Å². The molecular weight excluding hydrogens is 276 g/mol. The molecule has 6 nitrogen and oxygen atoms in total. The first-order valence-electron chi connectivity index (χ1n) is 6.39. The number of carbonyl (C=O) groups is 2. The number of fused-ring (bicyclic) bond motifs is 1. The number of imide groups is 1. The molecule has 2 saturated heterocycles. The van der Waals surface area contributed by atoms with E-state index in [-0.39, 0.29) is 23.1 Å². The zero-order valence-corrected chi connectivity index (χ0v) is 11.5. The molecule has 1 aromatic rings. The van der Waals surface area contributed by atoms with Crippen LogP contribution in [0.15, 0.2) is 24.3 Å². The zero-order valence-electron chi connectivity index (χ0n) is 10.7. The quantitative estimate of drug-likeness (QED) is 0.633. The van der Waals surface area contributed by atoms with Crippen molar-refractivity contribution in [3.8, 4) is 0 Å². The Morgan fingerprint density at radius 1 is 1.40 bits per heavy atom. The first-order valence-corrected chi connectivity index (χ1v) is 6.80. The molecule has 2 aliphatic rings. The average Bonchev–Trinajstić information content (AvgIpc) is 2.94. The van der Waals surface area contributed by atoms with Gasteiger partial charge in [0, 0.05) is 12.2 Å². The number of urea groups is 1. The maximum absolute atomic E-state index is 12.3. The summed E-state index contributed by atoms with van der Waals surface area (Å²) in [6, 6.07) is 6.40. The molecule has 20 heavy (non-hydrogen) atoms. The highest BCUT2D eigenvalue weighted by Gasteiger charge is 2.47. The molecule has 0 aliphatic carbocycles. The van der Waals surface area contributed by atoms with Gasteiger partial charge in [-0.2, -0.15) is 0 Å². The van der Waals surface area contributed by atoms with E-state index in [1.54, 1.807) is 29.2 Å². The van der Waals surface area contributed by atoms with Gasteiger partial charge in [-0.25, -0.2) is 9.69 Å². The summed E-state index contributed by atoms with van der Waals surface area (Å²) in [7, 11) is 0. The summed E-state index contributed by atoms with van der Waals surface area (Å²) in [6.07, 6.45) is 1.63. The minimum atomic E-state index is -0.297. The normalized spacial score (nSPS) is 21.3. The number of rotatable bonds is 2. The predicted octanol–water partition coefficient (Wildman–Crippen LogP) is 1.27. The number of nitrogens with zero attached hydrogens (tertiary/aromatic N) is 2. The number of nitrogens with one attached hydrogen (secondary N) is 1. The van der Waals surface area contributed by atoms with Gasteiger partial charge < -0.3 is 16.0 Å². The highest BCUT2D eigenvalue weighted by atomic mass is 32.1. The molecule has 3 amide bonds. The van der Waals surface area contributed by atoms with Gasteiger partial charge in [-0.15, -0.1) is 0 Å². The van der Waals surface area contributed by atoms with Crippen LogP contribution < -0.4 is 16.0 Å². The van der Waals surface area contributed by atoms with Crippen LogP contribution in [0.1, 0.15) is 12.8 Å². The average molecular weight is 290 g/mol. The van der Waals surface area contributed by atoms with Crippen molar-refractivity contribution in [3.63, 3.8) is 0 Å². The van der Waals surface area contributed by atoms with Gasteiger partial charge in [-0.05, 0) is 43.3 Å². The topological polar surface area (TPSA) is 78.7 Å². The third kappa shape index (κ3) is 2.00. The van der Waals surface area contributed by atoms with E-state index in [9.17, 15) is 9.59 Å². The minimum Gasteiger partial charge on any atom is -0.376 e. The van der Waals surface area contributed by atoms with Crippen LogP contribution in [0.3, 0.4) is 0 Å². The van der Waals surface area contributed by atoms with E-state index in [4.69, 9.17) is 18.0 Å². The fourth-order valence-electron chi connectivity index (χ4n) is 2.73. The Morgan fingerprint density at radius 3 is 2.90 bits per heavy atom. The first kappa shape index (κ1) is 12.9. The van der Waals surface area contributed by atoms with Crippen molar-refractivity contribution in [1.29, 1.82) is 0 Å². The number of anilines is 2. The summed E-state index contributed by atoms with van der Waals surface area (Å²) < 4.78 is 0. The van der Waals surface area contributed by atoms with Gasteiger partial charge in [0.2, 0.25) is 0 Å². The van der Waals surface area contributed by atoms with Crippen molar-refractivity contribution in [2.75, 3.05) is 16.8 Å². The number of hydrogen-bond acceptors (Lipinski definition) is 3. The fourth-order valence-corrected chi connectivity index (χ4v) is 2.84. The number of benzene rings is 1. The van der Waals surface area contributed by atoms with Crippen molar-refractivity contribution in [2.45, 2.75) is 18.9 Å². The maximum Gasteiger partial charge on any atom is 0.332 e. The molecule has 3 N–H and O–H groups in total. The smallest absolute Gasteiger partial charge is 0.332 e. The SMILES string of the molecule is NC(=S)Nc1cccc(N2C(=O)C3CCCN3C2=O)c1. The molecule has 1 aromatic carbocycles. The zero-order chi connectivity index (χ0) is 14.3. The fraction of sp³-hybridized carbons (Fsp3) is 0.308. The Bertz CT molecular complexity index is 582. The molecule has 0 saturated carbocycles. The summed E-state index contributed by atoms with van der Waals surface area (Å²) in [4.78, 5) is 27.5. The molecule has 0 spiro atoms. The molecule has 3 rings (SSSR count). The molecule has 104 valence electrons. The van der Waals surface area contributed by atoms with Gasteiger partial charge in [-0.1, -0.05) is 6.07 Å². The van der Waals surface area contributed by atoms with Gasteiger partial charge in [0.1, 0.15) is 6.04 Å². The monoisotopic (exact) mass is 290 g/mol. The number of thiocarbonyl (C=S) groups is 1. The van der Waals surface area contributed by atoms with E-state index < -0.39 is 0 Å². The summed E-state index contributed by atoms with van der Waals surface area (Å²) in [5.41, 5.74) is 6.61. The van der Waals surface area contributed by atoms with E-state index in [2.05, 4.69) is 5.32 Å². The van der Waals surface area contributed by atoms with Crippen molar-refractivity contribution in [1.82, 2.24) is 4.90 Å². The van der Waals surface area contributed by atoms with Crippen LogP contribution in [0.5, 0.6) is 0 Å². The molecule has 2 heterocycles. The molecule has 7 heteroatoms. The Hall–Kier alpha value is -2.15. The summed E-state index contributed by atoms with van der Waals surface area (Å²) in [6.45, 7) is 0.649. The van der Waals surface area contributed by atoms with E-state index in [0.29, 0.717) is 17.9 Å². The lowest BCUT2D eigenvalue weighted by Gasteiger charge is -2.16. The second-order valence-electron chi connectivity index (χ2n) is 4.85. The van der Waals surface area contributed by atoms with Crippen LogP contribution in [0.2, 0.25) is 0 Å². The highest BCUT2D eigenvalue weighted by Crippen LogP contribution is 2.32. The molecule has 0 bridgehead atoms. The molecule has 0 aromatic heterocycles. The van der Waals surface area contributed by atoms with Gasteiger partial charge in [-0.3, -0.25) is 4.79 Å². The predicted molar refractivity (Wildman–Crippen MR) is 79.5 cm³/mol. The molecule has 1 atom stereocenters. The molecule has 2 fully saturated rings. The van der Waals surface area contributed by atoms with Gasteiger partial charge in [0.15, 0.2) is 5.11 Å². The van der Waals surface area contributed by atoms with Gasteiger partial charge in [0.05, 0.1) is 5.69 Å². The van der Waals surface area contributed by atoms with Crippen LogP contribution in [-0.4, -0.2) is 34.5 Å². The van der Waals surface area contributed by atoms with E-state index in [1.165, 1.54) is 4.90 Å². The molecule has 1 unspecified atom stereocenters. The maximum atomic E-state index is 12.3. The summed E-state index contributed by atoms with van der Waals surface area (Å²) in [5, 5.41) is 2.94.